The SMILES string of the molecule is C=C/C=C(\C)C1=CCC2(C)C(CCC3(C)C2CCC2C4CCCC4(C(=O)Cl)CC[C@]23C)C1(C)C.CC.CC1CC1. The molecule has 6 aliphatic rings. The second-order valence-corrected chi connectivity index (χ2v) is 16.3. The topological polar surface area (TPSA) is 17.1 Å². The van der Waals surface area contributed by atoms with E-state index in [1.54, 1.807) is 5.57 Å². The van der Waals surface area contributed by atoms with Crippen molar-refractivity contribution in [2.75, 3.05) is 0 Å². The largest absolute Gasteiger partial charge is 0.281 e. The fourth-order valence-corrected chi connectivity index (χ4v) is 11.9. The van der Waals surface area contributed by atoms with Gasteiger partial charge in [0, 0.05) is 5.41 Å². The highest BCUT2D eigenvalue weighted by atomic mass is 35.5. The molecule has 0 amide bonds. The van der Waals surface area contributed by atoms with Gasteiger partial charge in [-0.25, -0.2) is 0 Å². The van der Waals surface area contributed by atoms with Gasteiger partial charge >= 0.3 is 0 Å². The van der Waals surface area contributed by atoms with Gasteiger partial charge in [-0.3, -0.25) is 4.79 Å². The Labute approximate surface area is 253 Å². The van der Waals surface area contributed by atoms with E-state index in [-0.39, 0.29) is 16.1 Å². The maximum Gasteiger partial charge on any atom is 0.228 e. The lowest BCUT2D eigenvalue weighted by Gasteiger charge is -2.72. The number of carbonyl (C=O) groups excluding carboxylic acids is 1. The molecule has 40 heavy (non-hydrogen) atoms. The molecule has 2 heteroatoms. The number of allylic oxidation sites excluding steroid dienone is 5. The van der Waals surface area contributed by atoms with E-state index in [1.165, 1.54) is 69.8 Å². The van der Waals surface area contributed by atoms with Gasteiger partial charge < -0.3 is 0 Å². The second-order valence-electron chi connectivity index (χ2n) is 15.9. The van der Waals surface area contributed by atoms with Gasteiger partial charge in [-0.15, -0.1) is 0 Å². The molecular formula is C38H61ClO. The fraction of sp³-hybridized carbons (Fsp3) is 0.816. The molecule has 0 saturated heterocycles. The zero-order valence-electron chi connectivity index (χ0n) is 27.6. The Balaban J connectivity index is 0.000000556. The summed E-state index contributed by atoms with van der Waals surface area (Å²) in [4.78, 5) is 12.7. The van der Waals surface area contributed by atoms with Crippen LogP contribution >= 0.6 is 11.6 Å². The van der Waals surface area contributed by atoms with Gasteiger partial charge in [-0.1, -0.05) is 99.5 Å². The van der Waals surface area contributed by atoms with E-state index in [4.69, 9.17) is 11.6 Å². The average molecular weight is 569 g/mol. The van der Waals surface area contributed by atoms with Crippen LogP contribution in [0.15, 0.2) is 36.0 Å². The molecule has 0 heterocycles. The van der Waals surface area contributed by atoms with E-state index in [9.17, 15) is 4.79 Å². The molecule has 0 radical (unpaired) electrons. The van der Waals surface area contributed by atoms with Gasteiger partial charge in [0.2, 0.25) is 5.24 Å². The van der Waals surface area contributed by atoms with Gasteiger partial charge in [0.15, 0.2) is 0 Å². The first kappa shape index (κ1) is 32.1. The minimum absolute atomic E-state index is 0.0189. The molecule has 0 aliphatic heterocycles. The van der Waals surface area contributed by atoms with Crippen LogP contribution in [-0.4, -0.2) is 5.24 Å². The first-order chi connectivity index (χ1) is 18.8. The maximum absolute atomic E-state index is 12.7. The van der Waals surface area contributed by atoms with Crippen molar-refractivity contribution in [3.8, 4) is 0 Å². The van der Waals surface area contributed by atoms with Gasteiger partial charge in [-0.05, 0) is 139 Å². The Hall–Kier alpha value is -0.820. The molecule has 0 spiro atoms. The van der Waals surface area contributed by atoms with Crippen molar-refractivity contribution in [2.24, 2.45) is 56.7 Å². The predicted octanol–water partition coefficient (Wildman–Crippen LogP) is 11.7. The van der Waals surface area contributed by atoms with Gasteiger partial charge in [0.1, 0.15) is 0 Å². The van der Waals surface area contributed by atoms with E-state index >= 15 is 0 Å². The first-order valence-electron chi connectivity index (χ1n) is 17.0. The molecule has 0 bridgehead atoms. The van der Waals surface area contributed by atoms with Crippen LogP contribution in [-0.2, 0) is 4.79 Å². The number of halogens is 1. The summed E-state index contributed by atoms with van der Waals surface area (Å²) < 4.78 is 0. The number of rotatable bonds is 3. The number of hydrogen-bond acceptors (Lipinski definition) is 1. The minimum Gasteiger partial charge on any atom is -0.281 e. The van der Waals surface area contributed by atoms with Gasteiger partial charge in [0.05, 0.1) is 0 Å². The van der Waals surface area contributed by atoms with Crippen LogP contribution in [0.25, 0.3) is 0 Å². The third-order valence-electron chi connectivity index (χ3n) is 14.0. The van der Waals surface area contributed by atoms with Crippen molar-refractivity contribution >= 4 is 16.8 Å². The Morgan fingerprint density at radius 1 is 0.875 bits per heavy atom. The highest BCUT2D eigenvalue weighted by Crippen LogP contribution is 2.77. The van der Waals surface area contributed by atoms with Gasteiger partial charge in [-0.2, -0.15) is 0 Å². The Morgan fingerprint density at radius 3 is 2.10 bits per heavy atom. The molecule has 6 aliphatic carbocycles. The Bertz CT molecular complexity index is 1030. The standard InChI is InChI=1S/C32H47ClO.C4H8.C2H6/c1-8-10-21(2)22-14-17-29(5)25(28(22,3)4)15-18-31(7)26(29)13-12-23-24-11-9-16-32(24,27(33)34)20-19-30(23,31)6;1-4-2-3-4;1-2/h8,10,14,23-26H,1,9,11-13,15-20H2,2-7H3;4H,2-3H2,1H3;1-2H3/b21-10+;;/t23?,24?,25?,26?,29?,30-,31?,32?;;/m1../s1. The van der Waals surface area contributed by atoms with Crippen molar-refractivity contribution < 1.29 is 4.79 Å². The van der Waals surface area contributed by atoms with E-state index in [0.29, 0.717) is 34.0 Å². The van der Waals surface area contributed by atoms with Crippen LogP contribution in [0.4, 0.5) is 0 Å². The summed E-state index contributed by atoms with van der Waals surface area (Å²) >= 11 is 6.35. The lowest BCUT2D eigenvalue weighted by atomic mass is 9.33. The summed E-state index contributed by atoms with van der Waals surface area (Å²) in [5.41, 5.74) is 3.92. The van der Waals surface area contributed by atoms with Crippen LogP contribution in [0, 0.1) is 56.7 Å². The van der Waals surface area contributed by atoms with E-state index in [2.05, 4.69) is 67.2 Å². The highest BCUT2D eigenvalue weighted by Gasteiger charge is 2.70. The van der Waals surface area contributed by atoms with Crippen LogP contribution in [0.2, 0.25) is 0 Å². The van der Waals surface area contributed by atoms with Crippen LogP contribution in [0.5, 0.6) is 0 Å². The molecule has 0 aromatic heterocycles. The highest BCUT2D eigenvalue weighted by molar-refractivity contribution is 6.64. The quantitative estimate of drug-likeness (QED) is 0.244. The number of carbonyl (C=O) groups is 1. The molecule has 5 saturated carbocycles. The molecule has 5 fully saturated rings. The molecule has 6 rings (SSSR count). The Kier molecular flexibility index (Phi) is 9.11. The lowest BCUT2D eigenvalue weighted by molar-refractivity contribution is -0.222. The third-order valence-corrected chi connectivity index (χ3v) is 14.4. The summed E-state index contributed by atoms with van der Waals surface area (Å²) in [5.74, 6) is 3.72. The molecule has 0 aromatic rings. The maximum atomic E-state index is 12.7. The van der Waals surface area contributed by atoms with Crippen molar-refractivity contribution in [3.63, 3.8) is 0 Å². The molecule has 0 aromatic carbocycles. The molecule has 0 N–H and O–H groups in total. The summed E-state index contributed by atoms with van der Waals surface area (Å²) in [6, 6.07) is 0. The lowest BCUT2D eigenvalue weighted by Crippen LogP contribution is -2.65. The second kappa shape index (κ2) is 11.4. The monoisotopic (exact) mass is 568 g/mol. The minimum atomic E-state index is -0.213. The van der Waals surface area contributed by atoms with Crippen molar-refractivity contribution in [1.29, 1.82) is 0 Å². The van der Waals surface area contributed by atoms with Crippen molar-refractivity contribution in [1.82, 2.24) is 0 Å². The molecule has 226 valence electrons. The fourth-order valence-electron chi connectivity index (χ4n) is 11.6. The van der Waals surface area contributed by atoms with E-state index in [1.807, 2.05) is 19.9 Å². The first-order valence-corrected chi connectivity index (χ1v) is 17.4. The van der Waals surface area contributed by atoms with E-state index in [0.717, 1.165) is 24.7 Å². The zero-order chi connectivity index (χ0) is 29.7. The van der Waals surface area contributed by atoms with E-state index < -0.39 is 0 Å². The summed E-state index contributed by atoms with van der Waals surface area (Å²) in [6.07, 6.45) is 21.8. The van der Waals surface area contributed by atoms with Crippen LogP contribution in [0.1, 0.15) is 139 Å². The zero-order valence-corrected chi connectivity index (χ0v) is 28.4. The van der Waals surface area contributed by atoms with Crippen LogP contribution < -0.4 is 0 Å². The molecular weight excluding hydrogens is 508 g/mol. The smallest absolute Gasteiger partial charge is 0.228 e. The molecule has 8 atom stereocenters. The van der Waals surface area contributed by atoms with Crippen molar-refractivity contribution in [3.05, 3.63) is 36.0 Å². The Morgan fingerprint density at radius 2 is 1.52 bits per heavy atom. The third kappa shape index (κ3) is 4.75. The average Bonchev–Trinajstić information content (AvgIpc) is 3.55. The summed E-state index contributed by atoms with van der Waals surface area (Å²) in [5, 5.41) is -0.0189. The van der Waals surface area contributed by atoms with Crippen LogP contribution in [0.3, 0.4) is 0 Å². The van der Waals surface area contributed by atoms with Crippen molar-refractivity contribution in [2.45, 2.75) is 139 Å². The van der Waals surface area contributed by atoms with Gasteiger partial charge in [0.25, 0.3) is 0 Å². The number of hydrogen-bond donors (Lipinski definition) is 0. The molecule has 1 nitrogen and oxygen atoms in total. The summed E-state index contributed by atoms with van der Waals surface area (Å²) in [6.45, 7) is 25.5. The normalized spacial score (nSPS) is 45.0. The number of fused-ring (bicyclic) bond motifs is 7. The predicted molar refractivity (Wildman–Crippen MR) is 173 cm³/mol. The summed E-state index contributed by atoms with van der Waals surface area (Å²) in [7, 11) is 0. The molecule has 7 unspecified atom stereocenters.